The van der Waals surface area contributed by atoms with Gasteiger partial charge in [-0.1, -0.05) is 6.07 Å². The van der Waals surface area contributed by atoms with Crippen molar-refractivity contribution in [3.8, 4) is 11.5 Å². The van der Waals surface area contributed by atoms with Crippen molar-refractivity contribution in [1.82, 2.24) is 5.32 Å². The van der Waals surface area contributed by atoms with Crippen molar-refractivity contribution in [2.45, 2.75) is 32.5 Å². The van der Waals surface area contributed by atoms with Gasteiger partial charge in [0, 0.05) is 12.6 Å². The molecule has 0 fully saturated rings. The Morgan fingerprint density at radius 3 is 2.65 bits per heavy atom. The van der Waals surface area contributed by atoms with Gasteiger partial charge in [-0.2, -0.15) is 20.5 Å². The number of ether oxygens (including phenoxy) is 2. The predicted octanol–water partition coefficient (Wildman–Crippen LogP) is 3.53. The van der Waals surface area contributed by atoms with Crippen molar-refractivity contribution >= 4 is 11.8 Å². The average Bonchev–Trinajstić information content (AvgIpc) is 2.42. The smallest absolute Gasteiger partial charge is 0.387 e. The Kier molecular flexibility index (Phi) is 7.69. The monoisotopic (exact) mass is 305 g/mol. The van der Waals surface area contributed by atoms with Gasteiger partial charge < -0.3 is 14.8 Å². The zero-order chi connectivity index (χ0) is 15.0. The lowest BCUT2D eigenvalue weighted by Crippen LogP contribution is -2.26. The normalized spacial score (nSPS) is 12.5. The van der Waals surface area contributed by atoms with E-state index >= 15 is 0 Å². The second kappa shape index (κ2) is 9.02. The number of alkyl halides is 2. The lowest BCUT2D eigenvalue weighted by molar-refractivity contribution is -0.0512. The van der Waals surface area contributed by atoms with Crippen molar-refractivity contribution in [2.75, 3.05) is 19.1 Å². The number of rotatable bonds is 9. The predicted molar refractivity (Wildman–Crippen MR) is 78.9 cm³/mol. The highest BCUT2D eigenvalue weighted by molar-refractivity contribution is 7.98. The summed E-state index contributed by atoms with van der Waals surface area (Å²) in [5.41, 5.74) is 0.887. The summed E-state index contributed by atoms with van der Waals surface area (Å²) < 4.78 is 34.1. The maximum Gasteiger partial charge on any atom is 0.387 e. The van der Waals surface area contributed by atoms with E-state index in [-0.39, 0.29) is 5.75 Å². The Morgan fingerprint density at radius 1 is 1.30 bits per heavy atom. The second-order valence-corrected chi connectivity index (χ2v) is 5.41. The molecule has 0 spiro atoms. The Hall–Kier alpha value is -1.01. The molecule has 3 nitrogen and oxygen atoms in total. The topological polar surface area (TPSA) is 30.5 Å². The number of thioether (sulfide) groups is 1. The molecule has 0 bridgehead atoms. The first-order valence-electron chi connectivity index (χ1n) is 6.40. The highest BCUT2D eigenvalue weighted by Crippen LogP contribution is 2.29. The summed E-state index contributed by atoms with van der Waals surface area (Å²) in [4.78, 5) is 0. The van der Waals surface area contributed by atoms with Crippen LogP contribution >= 0.6 is 11.8 Å². The Labute approximate surface area is 123 Å². The summed E-state index contributed by atoms with van der Waals surface area (Å²) in [5, 5.41) is 3.35. The van der Waals surface area contributed by atoms with Gasteiger partial charge in [0.2, 0.25) is 0 Å². The van der Waals surface area contributed by atoms with Gasteiger partial charge in [-0.3, -0.25) is 0 Å². The molecule has 0 aromatic heterocycles. The number of methoxy groups -OCH3 is 1. The van der Waals surface area contributed by atoms with Gasteiger partial charge >= 0.3 is 6.61 Å². The molecule has 0 radical (unpaired) electrons. The summed E-state index contributed by atoms with van der Waals surface area (Å²) >= 11 is 1.81. The maximum atomic E-state index is 12.3. The Balaban J connectivity index is 2.62. The van der Waals surface area contributed by atoms with Crippen molar-refractivity contribution in [2.24, 2.45) is 0 Å². The second-order valence-electron chi connectivity index (χ2n) is 4.43. The number of halogens is 2. The van der Waals surface area contributed by atoms with Crippen LogP contribution in [-0.4, -0.2) is 31.8 Å². The van der Waals surface area contributed by atoms with Crippen LogP contribution in [0, 0.1) is 0 Å². The molecule has 0 saturated heterocycles. The van der Waals surface area contributed by atoms with E-state index in [1.54, 1.807) is 23.9 Å². The molecule has 0 amide bonds. The highest BCUT2D eigenvalue weighted by Gasteiger charge is 2.11. The van der Waals surface area contributed by atoms with E-state index in [4.69, 9.17) is 4.74 Å². The third-order valence-electron chi connectivity index (χ3n) is 2.85. The number of hydrogen-bond acceptors (Lipinski definition) is 4. The van der Waals surface area contributed by atoms with Gasteiger partial charge in [-0.25, -0.2) is 0 Å². The van der Waals surface area contributed by atoms with E-state index < -0.39 is 6.61 Å². The van der Waals surface area contributed by atoms with Crippen LogP contribution in [0.25, 0.3) is 0 Å². The Morgan fingerprint density at radius 2 is 2.05 bits per heavy atom. The number of benzene rings is 1. The first-order valence-corrected chi connectivity index (χ1v) is 7.80. The summed E-state index contributed by atoms with van der Waals surface area (Å²) in [6, 6.07) is 5.44. The van der Waals surface area contributed by atoms with Gasteiger partial charge in [0.05, 0.1) is 7.11 Å². The molecule has 0 aliphatic rings. The summed E-state index contributed by atoms with van der Waals surface area (Å²) in [5.74, 6) is 1.47. The van der Waals surface area contributed by atoms with Gasteiger partial charge in [-0.15, -0.1) is 0 Å². The van der Waals surface area contributed by atoms with E-state index in [0.29, 0.717) is 18.3 Å². The quantitative estimate of drug-likeness (QED) is 0.756. The van der Waals surface area contributed by atoms with E-state index in [9.17, 15) is 8.78 Å². The molecule has 1 atom stereocenters. The lowest BCUT2D eigenvalue weighted by atomic mass is 10.1. The molecule has 1 rings (SSSR count). The third-order valence-corrected chi connectivity index (χ3v) is 3.50. The number of hydrogen-bond donors (Lipinski definition) is 1. The van der Waals surface area contributed by atoms with Gasteiger partial charge in [-0.05, 0) is 43.0 Å². The van der Waals surface area contributed by atoms with Crippen molar-refractivity contribution in [1.29, 1.82) is 0 Å². The van der Waals surface area contributed by atoms with Crippen LogP contribution in [0.1, 0.15) is 18.9 Å². The van der Waals surface area contributed by atoms with Crippen molar-refractivity contribution in [3.63, 3.8) is 0 Å². The SMILES string of the molecule is COc1ccc(CNC(C)CCSC)cc1OC(F)F. The maximum absolute atomic E-state index is 12.3. The lowest BCUT2D eigenvalue weighted by Gasteiger charge is -2.15. The van der Waals surface area contributed by atoms with Gasteiger partial charge in [0.1, 0.15) is 0 Å². The molecule has 0 heterocycles. The minimum Gasteiger partial charge on any atom is -0.493 e. The van der Waals surface area contributed by atoms with E-state index in [1.165, 1.54) is 7.11 Å². The molecular formula is C14H21F2NO2S. The number of nitrogens with one attached hydrogen (secondary N) is 1. The molecule has 0 aliphatic heterocycles. The third kappa shape index (κ3) is 5.96. The van der Waals surface area contributed by atoms with E-state index in [1.807, 2.05) is 6.07 Å². The summed E-state index contributed by atoms with van der Waals surface area (Å²) in [7, 11) is 1.43. The zero-order valence-electron chi connectivity index (χ0n) is 12.0. The molecule has 0 aliphatic carbocycles. The van der Waals surface area contributed by atoms with Crippen LogP contribution in [0.3, 0.4) is 0 Å². The fraction of sp³-hybridized carbons (Fsp3) is 0.571. The van der Waals surface area contributed by atoms with E-state index in [0.717, 1.165) is 17.7 Å². The zero-order valence-corrected chi connectivity index (χ0v) is 12.8. The van der Waals surface area contributed by atoms with Crippen LogP contribution in [0.15, 0.2) is 18.2 Å². The van der Waals surface area contributed by atoms with E-state index in [2.05, 4.69) is 23.2 Å². The minimum absolute atomic E-state index is 0.0681. The summed E-state index contributed by atoms with van der Waals surface area (Å²) in [6.07, 6.45) is 3.14. The largest absolute Gasteiger partial charge is 0.493 e. The standard InChI is InChI=1S/C14H21F2NO2S/c1-10(6-7-20-3)17-9-11-4-5-12(18-2)13(8-11)19-14(15)16/h4-5,8,10,14,17H,6-7,9H2,1-3H3. The molecule has 6 heteroatoms. The first kappa shape index (κ1) is 17.0. The summed E-state index contributed by atoms with van der Waals surface area (Å²) in [6.45, 7) is -0.136. The molecule has 1 aromatic carbocycles. The fourth-order valence-corrected chi connectivity index (χ4v) is 2.30. The fourth-order valence-electron chi connectivity index (χ4n) is 1.71. The molecule has 114 valence electrons. The Bertz CT molecular complexity index is 405. The van der Waals surface area contributed by atoms with Crippen LogP contribution in [0.5, 0.6) is 11.5 Å². The van der Waals surface area contributed by atoms with Crippen molar-refractivity contribution < 1.29 is 18.3 Å². The van der Waals surface area contributed by atoms with Crippen LogP contribution in [-0.2, 0) is 6.54 Å². The van der Waals surface area contributed by atoms with Gasteiger partial charge in [0.15, 0.2) is 11.5 Å². The molecule has 0 saturated carbocycles. The van der Waals surface area contributed by atoms with Crippen LogP contribution in [0.2, 0.25) is 0 Å². The average molecular weight is 305 g/mol. The first-order chi connectivity index (χ1) is 9.56. The molecule has 20 heavy (non-hydrogen) atoms. The molecule has 1 aromatic rings. The molecule has 1 unspecified atom stereocenters. The van der Waals surface area contributed by atoms with Crippen molar-refractivity contribution in [3.05, 3.63) is 23.8 Å². The van der Waals surface area contributed by atoms with Crippen LogP contribution < -0.4 is 14.8 Å². The minimum atomic E-state index is -2.85. The van der Waals surface area contributed by atoms with Crippen LogP contribution in [0.4, 0.5) is 8.78 Å². The highest BCUT2D eigenvalue weighted by atomic mass is 32.2. The molecule has 1 N–H and O–H groups in total. The molecular weight excluding hydrogens is 284 g/mol. The van der Waals surface area contributed by atoms with Gasteiger partial charge in [0.25, 0.3) is 0 Å².